The zero-order valence-electron chi connectivity index (χ0n) is 10.6. The molecule has 1 N–H and O–H groups in total. The van der Waals surface area contributed by atoms with Crippen molar-refractivity contribution >= 4 is 41.2 Å². The molecule has 1 aliphatic heterocycles. The molecule has 1 amide bonds. The van der Waals surface area contributed by atoms with Crippen molar-refractivity contribution in [2.24, 2.45) is 5.92 Å². The minimum Gasteiger partial charge on any atom is -0.545 e. The van der Waals surface area contributed by atoms with Crippen molar-refractivity contribution in [1.29, 1.82) is 0 Å². The van der Waals surface area contributed by atoms with Crippen LogP contribution in [0, 0.1) is 5.92 Å². The Bertz CT molecular complexity index is 474. The molecule has 0 aromatic carbocycles. The molecule has 1 saturated carbocycles. The first kappa shape index (κ1) is 14.5. The second-order valence-corrected chi connectivity index (χ2v) is 6.60. The molecule has 5 nitrogen and oxygen atoms in total. The van der Waals surface area contributed by atoms with Crippen LogP contribution in [0.3, 0.4) is 0 Å². The third-order valence-corrected chi connectivity index (χ3v) is 5.39. The lowest BCUT2D eigenvalue weighted by molar-refractivity contribution is -0.300. The molecule has 0 aromatic rings. The minimum absolute atomic E-state index is 0.143. The summed E-state index contributed by atoms with van der Waals surface area (Å²) in [6.07, 6.45) is 1.89. The minimum atomic E-state index is -1.26. The van der Waals surface area contributed by atoms with Gasteiger partial charge in [-0.1, -0.05) is 0 Å². The molecule has 2 aliphatic rings. The maximum Gasteiger partial charge on any atom is 0.217 e. The lowest BCUT2D eigenvalue weighted by Crippen LogP contribution is -2.65. The number of hydrogen-bond donors (Lipinski definition) is 1. The number of amides is 1. The Kier molecular flexibility index (Phi) is 4.25. The molecule has 0 bridgehead atoms. The van der Waals surface area contributed by atoms with E-state index in [4.69, 9.17) is 0 Å². The number of fused-ring (bicyclic) bond motifs is 1. The van der Waals surface area contributed by atoms with Gasteiger partial charge in [0.2, 0.25) is 5.91 Å². The van der Waals surface area contributed by atoms with Crippen LogP contribution in [0.25, 0.3) is 0 Å². The zero-order valence-corrected chi connectivity index (χ0v) is 12.2. The number of aliphatic carboxylic acids is 1. The molecule has 0 saturated heterocycles. The van der Waals surface area contributed by atoms with Crippen molar-refractivity contribution in [3.05, 3.63) is 11.1 Å². The summed E-state index contributed by atoms with van der Waals surface area (Å²) in [6, 6.07) is -0.558. The molecule has 19 heavy (non-hydrogen) atoms. The lowest BCUT2D eigenvalue weighted by atomic mass is 9.71. The van der Waals surface area contributed by atoms with Gasteiger partial charge < -0.3 is 15.2 Å². The first-order chi connectivity index (χ1) is 8.97. The van der Waals surface area contributed by atoms with Gasteiger partial charge in [-0.2, -0.15) is 23.5 Å². The second-order valence-electron chi connectivity index (χ2n) is 4.57. The van der Waals surface area contributed by atoms with Gasteiger partial charge in [0.25, 0.3) is 0 Å². The highest BCUT2D eigenvalue weighted by Crippen LogP contribution is 2.45. The van der Waals surface area contributed by atoms with Crippen molar-refractivity contribution in [2.45, 2.75) is 18.2 Å². The summed E-state index contributed by atoms with van der Waals surface area (Å²) in [5, 5.41) is 13.7. The fourth-order valence-electron chi connectivity index (χ4n) is 2.52. The van der Waals surface area contributed by atoms with Crippen molar-refractivity contribution in [3.63, 3.8) is 0 Å². The van der Waals surface area contributed by atoms with Crippen LogP contribution in [0.4, 0.5) is 0 Å². The number of nitrogens with one attached hydrogen (secondary N) is 1. The number of carboxylic acids is 1. The largest absolute Gasteiger partial charge is 0.545 e. The molecular formula is C12H14NO4S2-. The van der Waals surface area contributed by atoms with E-state index in [1.165, 1.54) is 30.4 Å². The second kappa shape index (κ2) is 5.58. The van der Waals surface area contributed by atoms with E-state index in [0.29, 0.717) is 11.5 Å². The summed E-state index contributed by atoms with van der Waals surface area (Å²) < 4.78 is 0. The number of hydrogen-bond acceptors (Lipinski definition) is 6. The molecule has 1 heterocycles. The van der Waals surface area contributed by atoms with Crippen molar-refractivity contribution < 1.29 is 19.5 Å². The van der Waals surface area contributed by atoms with Crippen molar-refractivity contribution in [3.8, 4) is 0 Å². The van der Waals surface area contributed by atoms with E-state index in [-0.39, 0.29) is 22.5 Å². The van der Waals surface area contributed by atoms with Crippen LogP contribution in [0.5, 0.6) is 0 Å². The van der Waals surface area contributed by atoms with Gasteiger partial charge in [-0.3, -0.25) is 9.59 Å². The molecule has 104 valence electrons. The zero-order chi connectivity index (χ0) is 14.2. The summed E-state index contributed by atoms with van der Waals surface area (Å²) >= 11 is 3.06. The van der Waals surface area contributed by atoms with Gasteiger partial charge in [0.15, 0.2) is 5.78 Å². The Hall–Kier alpha value is -0.950. The van der Waals surface area contributed by atoms with Crippen LogP contribution < -0.4 is 10.4 Å². The standard InChI is InChI=1S/C12H15NO4S2/c1-5(14)13-9-10(15)8-7(12(16)17)6(3-18-2)4-19-11(8)9/h8-9,11H,3-4H2,1-2H3,(H,13,14)(H,16,17)/p-1/t8?,9-,11+/m1/s1. The van der Waals surface area contributed by atoms with E-state index < -0.39 is 17.9 Å². The Morgan fingerprint density at radius 1 is 1.53 bits per heavy atom. The molecule has 0 radical (unpaired) electrons. The molecule has 2 rings (SSSR count). The van der Waals surface area contributed by atoms with Gasteiger partial charge in [0.1, 0.15) is 6.04 Å². The normalized spacial score (nSPS) is 29.6. The molecule has 7 heteroatoms. The predicted molar refractivity (Wildman–Crippen MR) is 72.8 cm³/mol. The molecule has 1 aliphatic carbocycles. The molecular weight excluding hydrogens is 286 g/mol. The molecule has 0 aromatic heterocycles. The monoisotopic (exact) mass is 300 g/mol. The Balaban J connectivity index is 2.25. The van der Waals surface area contributed by atoms with E-state index in [1.807, 2.05) is 6.26 Å². The highest BCUT2D eigenvalue weighted by Gasteiger charge is 2.54. The van der Waals surface area contributed by atoms with Gasteiger partial charge in [-0.25, -0.2) is 0 Å². The Morgan fingerprint density at radius 2 is 2.21 bits per heavy atom. The van der Waals surface area contributed by atoms with E-state index >= 15 is 0 Å². The van der Waals surface area contributed by atoms with E-state index in [0.717, 1.165) is 5.57 Å². The van der Waals surface area contributed by atoms with E-state index in [2.05, 4.69) is 5.32 Å². The lowest BCUT2D eigenvalue weighted by Gasteiger charge is -2.47. The molecule has 3 atom stereocenters. The van der Waals surface area contributed by atoms with Gasteiger partial charge in [-0.15, -0.1) is 0 Å². The average Bonchev–Trinajstić information content (AvgIpc) is 2.35. The van der Waals surface area contributed by atoms with Crippen LogP contribution in [0.2, 0.25) is 0 Å². The molecule has 1 fully saturated rings. The smallest absolute Gasteiger partial charge is 0.217 e. The van der Waals surface area contributed by atoms with Crippen molar-refractivity contribution in [2.75, 3.05) is 17.8 Å². The number of Topliss-reactive ketones (excluding diaryl/α,β-unsaturated/α-hetero) is 1. The number of carbonyl (C=O) groups excluding carboxylic acids is 3. The number of ketones is 1. The first-order valence-electron chi connectivity index (χ1n) is 5.82. The third kappa shape index (κ3) is 2.53. The van der Waals surface area contributed by atoms with Crippen molar-refractivity contribution in [1.82, 2.24) is 5.32 Å². The maximum atomic E-state index is 12.0. The first-order valence-corrected chi connectivity index (χ1v) is 8.26. The number of carboxylic acid groups (broad SMARTS) is 1. The van der Waals surface area contributed by atoms with E-state index in [9.17, 15) is 19.5 Å². The summed E-state index contributed by atoms with van der Waals surface area (Å²) in [7, 11) is 0. The summed E-state index contributed by atoms with van der Waals surface area (Å²) in [4.78, 5) is 34.3. The summed E-state index contributed by atoms with van der Waals surface area (Å²) in [5.41, 5.74) is 0.915. The SMILES string of the molecule is CSCC1=C(C(=O)[O-])C2C(=O)[C@@H](NC(C)=O)[C@H]2SC1. The predicted octanol–water partition coefficient (Wildman–Crippen LogP) is -0.785. The third-order valence-electron chi connectivity index (χ3n) is 3.31. The van der Waals surface area contributed by atoms with Gasteiger partial charge >= 0.3 is 0 Å². The van der Waals surface area contributed by atoms with Crippen LogP contribution in [0.1, 0.15) is 6.92 Å². The quantitative estimate of drug-likeness (QED) is 0.732. The maximum absolute atomic E-state index is 12.0. The van der Waals surface area contributed by atoms with E-state index in [1.54, 1.807) is 0 Å². The summed E-state index contributed by atoms with van der Waals surface area (Å²) in [5.74, 6) is -1.19. The highest BCUT2D eigenvalue weighted by molar-refractivity contribution is 8.00. The number of carbonyl (C=O) groups is 3. The van der Waals surface area contributed by atoms with Crippen LogP contribution in [0.15, 0.2) is 11.1 Å². The Labute approximate surface area is 119 Å². The van der Waals surface area contributed by atoms with Crippen LogP contribution in [-0.2, 0) is 14.4 Å². The summed E-state index contributed by atoms with van der Waals surface area (Å²) in [6.45, 7) is 1.35. The fourth-order valence-corrected chi connectivity index (χ4v) is 4.77. The molecule has 0 spiro atoms. The van der Waals surface area contributed by atoms with Gasteiger partial charge in [0.05, 0.1) is 11.9 Å². The fraction of sp³-hybridized carbons (Fsp3) is 0.583. The highest BCUT2D eigenvalue weighted by atomic mass is 32.2. The number of thioether (sulfide) groups is 2. The topological polar surface area (TPSA) is 86.3 Å². The number of rotatable bonds is 4. The van der Waals surface area contributed by atoms with Crippen LogP contribution >= 0.6 is 23.5 Å². The van der Waals surface area contributed by atoms with Gasteiger partial charge in [-0.05, 0) is 17.4 Å². The van der Waals surface area contributed by atoms with Crippen LogP contribution in [-0.4, -0.2) is 46.7 Å². The molecule has 1 unspecified atom stereocenters. The van der Waals surface area contributed by atoms with Gasteiger partial charge in [0, 0.05) is 23.7 Å². The Morgan fingerprint density at radius 3 is 2.74 bits per heavy atom. The average molecular weight is 300 g/mol.